The molecule has 0 aliphatic heterocycles. The van der Waals surface area contributed by atoms with Crippen LogP contribution in [-0.4, -0.2) is 121 Å². The van der Waals surface area contributed by atoms with Crippen LogP contribution in [0.3, 0.4) is 0 Å². The van der Waals surface area contributed by atoms with Gasteiger partial charge in [-0.1, -0.05) is 0 Å². The van der Waals surface area contributed by atoms with Gasteiger partial charge in [-0.3, -0.25) is 9.59 Å². The van der Waals surface area contributed by atoms with Crippen molar-refractivity contribution in [1.82, 2.24) is 21.3 Å². The van der Waals surface area contributed by atoms with Gasteiger partial charge in [0.2, 0.25) is 0 Å². The maximum atomic E-state index is 12.7. The Morgan fingerprint density at radius 2 is 1.02 bits per heavy atom. The summed E-state index contributed by atoms with van der Waals surface area (Å²) in [6.45, 7) is 3.82. The Bertz CT molecular complexity index is 861. The van der Waals surface area contributed by atoms with Crippen LogP contribution in [-0.2, 0) is 18.9 Å². The molecule has 1 aromatic carbocycles. The first kappa shape index (κ1) is 34.5. The number of carbonyl (C=O) groups excluding carboxylic acids is 3. The van der Waals surface area contributed by atoms with Crippen LogP contribution in [0.1, 0.15) is 20.7 Å². The minimum atomic E-state index is -1.12. The van der Waals surface area contributed by atoms with Crippen molar-refractivity contribution >= 4 is 29.6 Å². The highest BCUT2D eigenvalue weighted by atomic mass is 16.5. The van der Waals surface area contributed by atoms with E-state index in [1.54, 1.807) is 0 Å². The molecule has 16 nitrogen and oxygen atoms in total. The lowest BCUT2D eigenvalue weighted by molar-refractivity contribution is 0.0506. The van der Waals surface area contributed by atoms with Crippen molar-refractivity contribution in [3.63, 3.8) is 0 Å². The first-order chi connectivity index (χ1) is 19.4. The van der Waals surface area contributed by atoms with E-state index in [1.165, 1.54) is 18.2 Å². The number of benzene rings is 1. The first-order valence-corrected chi connectivity index (χ1v) is 12.8. The van der Waals surface area contributed by atoms with Gasteiger partial charge in [0.15, 0.2) is 0 Å². The van der Waals surface area contributed by atoms with Crippen LogP contribution in [0.4, 0.5) is 15.3 Å². The van der Waals surface area contributed by atoms with Crippen molar-refractivity contribution in [2.24, 2.45) is 11.5 Å². The molecule has 5 amide bonds. The monoisotopic (exact) mass is 571 g/mol. The zero-order valence-corrected chi connectivity index (χ0v) is 22.5. The van der Waals surface area contributed by atoms with Gasteiger partial charge in [0.1, 0.15) is 0 Å². The van der Waals surface area contributed by atoms with E-state index in [4.69, 9.17) is 35.5 Å². The summed E-state index contributed by atoms with van der Waals surface area (Å²) in [7, 11) is 0. The second-order valence-corrected chi connectivity index (χ2v) is 7.95. The third kappa shape index (κ3) is 17.1. The summed E-state index contributed by atoms with van der Waals surface area (Å²) in [5.41, 5.74) is 11.3. The molecule has 40 heavy (non-hydrogen) atoms. The van der Waals surface area contributed by atoms with E-state index in [0.29, 0.717) is 26.3 Å². The van der Waals surface area contributed by atoms with Gasteiger partial charge in [-0.05, 0) is 18.2 Å². The number of amides is 5. The molecule has 0 radical (unpaired) electrons. The van der Waals surface area contributed by atoms with E-state index < -0.39 is 23.9 Å². The van der Waals surface area contributed by atoms with Gasteiger partial charge in [0.05, 0.1) is 52.9 Å². The van der Waals surface area contributed by atoms with E-state index in [0.717, 1.165) is 0 Å². The van der Waals surface area contributed by atoms with Crippen LogP contribution in [0.25, 0.3) is 0 Å². The Balaban J connectivity index is 2.60. The van der Waals surface area contributed by atoms with E-state index in [-0.39, 0.29) is 82.6 Å². The molecule has 1 rings (SSSR count). The summed E-state index contributed by atoms with van der Waals surface area (Å²) < 4.78 is 21.0. The molecule has 0 atom stereocenters. The normalized spacial score (nSPS) is 10.6. The highest BCUT2D eigenvalue weighted by Crippen LogP contribution is 2.16. The van der Waals surface area contributed by atoms with Gasteiger partial charge >= 0.3 is 12.1 Å². The van der Waals surface area contributed by atoms with Gasteiger partial charge in [-0.25, -0.2) is 9.59 Å². The number of rotatable bonds is 22. The number of nitrogens with two attached hydrogens (primary N) is 2. The summed E-state index contributed by atoms with van der Waals surface area (Å²) in [5.74, 6) is -0.898. The molecule has 0 aromatic heterocycles. The minimum absolute atomic E-state index is 0.169. The number of carbonyl (C=O) groups is 4. The second kappa shape index (κ2) is 22.3. The molecule has 0 heterocycles. The van der Waals surface area contributed by atoms with Crippen LogP contribution < -0.4 is 38.1 Å². The predicted octanol–water partition coefficient (Wildman–Crippen LogP) is -1.48. The highest BCUT2D eigenvalue weighted by molar-refractivity contribution is 6.02. The average molecular weight is 572 g/mol. The number of urea groups is 1. The number of nitrogens with one attached hydrogen (secondary N) is 5. The Labute approximate surface area is 232 Å². The zero-order valence-electron chi connectivity index (χ0n) is 22.5. The second-order valence-electron chi connectivity index (χ2n) is 7.95. The standard InChI is InChI=1S/C24H41N7O9/c25-1-7-37-9-3-27-21(32)18-15-19(22(33)28-4-10-38-8-2-26)17-20(16-18)31-23(34)29-5-11-39-13-14-40-12-6-30-24(35)36/h15-17,30H,1-14,25-26H2,(H,27,32)(H,28,33)(H,35,36)(H2,29,31,34). The molecule has 0 aliphatic rings. The van der Waals surface area contributed by atoms with E-state index in [2.05, 4.69) is 26.6 Å². The largest absolute Gasteiger partial charge is 0.465 e. The lowest BCUT2D eigenvalue weighted by Crippen LogP contribution is -2.33. The van der Waals surface area contributed by atoms with E-state index in [1.807, 2.05) is 0 Å². The van der Waals surface area contributed by atoms with Crippen molar-refractivity contribution in [2.45, 2.75) is 0 Å². The molecule has 0 spiro atoms. The molecule has 0 saturated carbocycles. The van der Waals surface area contributed by atoms with Crippen molar-refractivity contribution in [2.75, 3.05) is 97.4 Å². The summed E-state index contributed by atoms with van der Waals surface area (Å²) >= 11 is 0. The van der Waals surface area contributed by atoms with Crippen molar-refractivity contribution < 1.29 is 43.2 Å². The van der Waals surface area contributed by atoms with Crippen molar-refractivity contribution in [1.29, 1.82) is 0 Å². The molecule has 0 fully saturated rings. The smallest absolute Gasteiger partial charge is 0.404 e. The maximum absolute atomic E-state index is 12.7. The fraction of sp³-hybridized carbons (Fsp3) is 0.583. The SMILES string of the molecule is NCCOCCNC(=O)c1cc(NC(=O)NCCOCCOCCNC(=O)O)cc(C(=O)NCCOCCN)c1. The molecule has 226 valence electrons. The third-order valence-electron chi connectivity index (χ3n) is 4.73. The Morgan fingerprint density at radius 3 is 1.48 bits per heavy atom. The van der Waals surface area contributed by atoms with Crippen LogP contribution in [0.15, 0.2) is 18.2 Å². The molecule has 0 unspecified atom stereocenters. The Kier molecular flexibility index (Phi) is 19.2. The molecule has 10 N–H and O–H groups in total. The zero-order chi connectivity index (χ0) is 29.4. The van der Waals surface area contributed by atoms with Crippen LogP contribution in [0.2, 0.25) is 0 Å². The van der Waals surface area contributed by atoms with Crippen LogP contribution in [0.5, 0.6) is 0 Å². The van der Waals surface area contributed by atoms with E-state index >= 15 is 0 Å². The fourth-order valence-corrected chi connectivity index (χ4v) is 2.97. The highest BCUT2D eigenvalue weighted by Gasteiger charge is 2.14. The van der Waals surface area contributed by atoms with Crippen molar-refractivity contribution in [3.8, 4) is 0 Å². The van der Waals surface area contributed by atoms with Gasteiger partial charge in [-0.2, -0.15) is 0 Å². The number of anilines is 1. The lowest BCUT2D eigenvalue weighted by Gasteiger charge is -2.13. The summed E-state index contributed by atoms with van der Waals surface area (Å²) in [4.78, 5) is 48.0. The van der Waals surface area contributed by atoms with Gasteiger partial charge in [0.25, 0.3) is 11.8 Å². The molecular weight excluding hydrogens is 530 g/mol. The van der Waals surface area contributed by atoms with Crippen molar-refractivity contribution in [3.05, 3.63) is 29.3 Å². The molecular formula is C24H41N7O9. The number of carboxylic acid groups (broad SMARTS) is 1. The minimum Gasteiger partial charge on any atom is -0.465 e. The fourth-order valence-electron chi connectivity index (χ4n) is 2.97. The molecule has 0 aliphatic carbocycles. The molecule has 16 heteroatoms. The third-order valence-corrected chi connectivity index (χ3v) is 4.73. The molecule has 1 aromatic rings. The lowest BCUT2D eigenvalue weighted by atomic mass is 10.1. The number of ether oxygens (including phenoxy) is 4. The topological polar surface area (TPSA) is 238 Å². The summed E-state index contributed by atoms with van der Waals surface area (Å²) in [6, 6.07) is 3.75. The van der Waals surface area contributed by atoms with Crippen LogP contribution in [0, 0.1) is 0 Å². The molecule has 0 bridgehead atoms. The van der Waals surface area contributed by atoms with Gasteiger partial charge in [0, 0.05) is 56.1 Å². The Hall–Kier alpha value is -3.54. The quantitative estimate of drug-likeness (QED) is 0.0747. The molecule has 0 saturated heterocycles. The summed E-state index contributed by atoms with van der Waals surface area (Å²) in [5, 5.41) is 21.2. The Morgan fingerprint density at radius 1 is 0.600 bits per heavy atom. The van der Waals surface area contributed by atoms with Crippen LogP contribution >= 0.6 is 0 Å². The van der Waals surface area contributed by atoms with Gasteiger partial charge in [-0.15, -0.1) is 0 Å². The van der Waals surface area contributed by atoms with E-state index in [9.17, 15) is 19.2 Å². The number of hydrogen-bond acceptors (Lipinski definition) is 10. The first-order valence-electron chi connectivity index (χ1n) is 12.8. The predicted molar refractivity (Wildman–Crippen MR) is 146 cm³/mol. The summed E-state index contributed by atoms with van der Waals surface area (Å²) in [6.07, 6.45) is -1.12. The van der Waals surface area contributed by atoms with Gasteiger partial charge < -0.3 is 62.1 Å². The average Bonchev–Trinajstić information content (AvgIpc) is 2.93. The number of hydrogen-bond donors (Lipinski definition) is 8. The maximum Gasteiger partial charge on any atom is 0.404 e.